The van der Waals surface area contributed by atoms with E-state index in [1.807, 2.05) is 30.3 Å². The molecule has 0 saturated carbocycles. The number of hydrogen-bond acceptors (Lipinski definition) is 3. The van der Waals surface area contributed by atoms with E-state index in [0.717, 1.165) is 16.0 Å². The Kier molecular flexibility index (Phi) is 3.22. The second-order valence-electron chi connectivity index (χ2n) is 4.77. The molecule has 0 aliphatic rings. The second kappa shape index (κ2) is 5.02. The molecule has 0 unspecified atom stereocenters. The van der Waals surface area contributed by atoms with Crippen molar-refractivity contribution in [3.63, 3.8) is 0 Å². The third-order valence-corrected chi connectivity index (χ3v) is 3.94. The van der Waals surface area contributed by atoms with Gasteiger partial charge in [0.25, 0.3) is 5.19 Å². The van der Waals surface area contributed by atoms with Crippen LogP contribution in [0.3, 0.4) is 0 Å². The molecule has 0 saturated heterocycles. The molecule has 1 aromatic heterocycles. The van der Waals surface area contributed by atoms with E-state index < -0.39 is 0 Å². The zero-order chi connectivity index (χ0) is 13.2. The molecule has 19 heavy (non-hydrogen) atoms. The SMILES string of the molecule is CC(C)c1ccc(Oc2nc3ccccc3s2)cc1. The summed E-state index contributed by atoms with van der Waals surface area (Å²) in [4.78, 5) is 4.46. The van der Waals surface area contributed by atoms with E-state index in [0.29, 0.717) is 11.1 Å². The minimum absolute atomic E-state index is 0.538. The third kappa shape index (κ3) is 2.61. The molecule has 2 nitrogen and oxygen atoms in total. The van der Waals surface area contributed by atoms with E-state index in [1.54, 1.807) is 11.3 Å². The van der Waals surface area contributed by atoms with Gasteiger partial charge in [-0.25, -0.2) is 4.98 Å². The van der Waals surface area contributed by atoms with Crippen molar-refractivity contribution in [1.82, 2.24) is 4.98 Å². The van der Waals surface area contributed by atoms with Gasteiger partial charge in [-0.1, -0.05) is 49.4 Å². The molecule has 3 heteroatoms. The van der Waals surface area contributed by atoms with Crippen LogP contribution in [-0.2, 0) is 0 Å². The molecular weight excluding hydrogens is 254 g/mol. The van der Waals surface area contributed by atoms with Crippen LogP contribution in [0.15, 0.2) is 48.5 Å². The maximum atomic E-state index is 5.81. The quantitative estimate of drug-likeness (QED) is 0.651. The van der Waals surface area contributed by atoms with Gasteiger partial charge in [-0.05, 0) is 35.7 Å². The normalized spacial score (nSPS) is 11.1. The molecule has 0 fully saturated rings. The van der Waals surface area contributed by atoms with Crippen LogP contribution < -0.4 is 4.74 Å². The Morgan fingerprint density at radius 3 is 2.42 bits per heavy atom. The molecular formula is C16H15NOS. The molecule has 96 valence electrons. The van der Waals surface area contributed by atoms with Crippen LogP contribution in [0.25, 0.3) is 10.2 Å². The number of benzene rings is 2. The van der Waals surface area contributed by atoms with Crippen LogP contribution in [0, 0.1) is 0 Å². The summed E-state index contributed by atoms with van der Waals surface area (Å²) < 4.78 is 6.95. The summed E-state index contributed by atoms with van der Waals surface area (Å²) in [5.41, 5.74) is 2.30. The van der Waals surface area contributed by atoms with Crippen LogP contribution in [0.5, 0.6) is 10.9 Å². The number of fused-ring (bicyclic) bond motifs is 1. The fourth-order valence-corrected chi connectivity index (χ4v) is 2.75. The van der Waals surface area contributed by atoms with E-state index in [-0.39, 0.29) is 0 Å². The number of para-hydroxylation sites is 1. The molecule has 0 atom stereocenters. The second-order valence-corrected chi connectivity index (χ2v) is 5.77. The summed E-state index contributed by atoms with van der Waals surface area (Å²) in [5.74, 6) is 1.37. The first-order chi connectivity index (χ1) is 9.22. The highest BCUT2D eigenvalue weighted by Crippen LogP contribution is 2.31. The molecule has 3 rings (SSSR count). The number of nitrogens with zero attached hydrogens (tertiary/aromatic N) is 1. The van der Waals surface area contributed by atoms with Crippen molar-refractivity contribution < 1.29 is 4.74 Å². The Balaban J connectivity index is 1.84. The minimum atomic E-state index is 0.538. The number of thiazole rings is 1. The Labute approximate surface area is 116 Å². The van der Waals surface area contributed by atoms with Gasteiger partial charge in [-0.15, -0.1) is 0 Å². The lowest BCUT2D eigenvalue weighted by Crippen LogP contribution is -1.87. The molecule has 0 bridgehead atoms. The van der Waals surface area contributed by atoms with Gasteiger partial charge in [0.1, 0.15) is 5.75 Å². The molecule has 2 aromatic carbocycles. The van der Waals surface area contributed by atoms with Crippen molar-refractivity contribution in [1.29, 1.82) is 0 Å². The monoisotopic (exact) mass is 269 g/mol. The van der Waals surface area contributed by atoms with Gasteiger partial charge in [0.15, 0.2) is 0 Å². The first-order valence-electron chi connectivity index (χ1n) is 6.36. The molecule has 1 heterocycles. The molecule has 0 radical (unpaired) electrons. The average Bonchev–Trinajstić information content (AvgIpc) is 2.81. The standard InChI is InChI=1S/C16H15NOS/c1-11(2)12-7-9-13(10-8-12)18-16-17-14-5-3-4-6-15(14)19-16/h3-11H,1-2H3. The minimum Gasteiger partial charge on any atom is -0.431 e. The molecule has 3 aromatic rings. The fraction of sp³-hybridized carbons (Fsp3) is 0.188. The zero-order valence-electron chi connectivity index (χ0n) is 11.0. The van der Waals surface area contributed by atoms with Crippen molar-refractivity contribution in [3.05, 3.63) is 54.1 Å². The van der Waals surface area contributed by atoms with E-state index in [4.69, 9.17) is 4.74 Å². The van der Waals surface area contributed by atoms with Gasteiger partial charge in [0, 0.05) is 0 Å². The van der Waals surface area contributed by atoms with Gasteiger partial charge in [0.2, 0.25) is 0 Å². The van der Waals surface area contributed by atoms with Crippen LogP contribution in [-0.4, -0.2) is 4.98 Å². The highest BCUT2D eigenvalue weighted by atomic mass is 32.1. The fourth-order valence-electron chi connectivity index (χ4n) is 1.92. The first-order valence-corrected chi connectivity index (χ1v) is 7.17. The Morgan fingerprint density at radius 2 is 1.74 bits per heavy atom. The van der Waals surface area contributed by atoms with Crippen LogP contribution in [0.1, 0.15) is 25.3 Å². The summed E-state index contributed by atoms with van der Waals surface area (Å²) in [6.07, 6.45) is 0. The van der Waals surface area contributed by atoms with Gasteiger partial charge in [-0.2, -0.15) is 0 Å². The van der Waals surface area contributed by atoms with Crippen LogP contribution >= 0.6 is 11.3 Å². The van der Waals surface area contributed by atoms with Gasteiger partial charge < -0.3 is 4.74 Å². The van der Waals surface area contributed by atoms with Crippen molar-refractivity contribution in [2.75, 3.05) is 0 Å². The first kappa shape index (κ1) is 12.2. The van der Waals surface area contributed by atoms with Crippen molar-refractivity contribution >= 4 is 21.6 Å². The molecule has 0 aliphatic heterocycles. The summed E-state index contributed by atoms with van der Waals surface area (Å²) in [5, 5.41) is 0.693. The zero-order valence-corrected chi connectivity index (χ0v) is 11.8. The highest BCUT2D eigenvalue weighted by Gasteiger charge is 2.06. The third-order valence-electron chi connectivity index (χ3n) is 3.03. The topological polar surface area (TPSA) is 22.1 Å². The van der Waals surface area contributed by atoms with Gasteiger partial charge in [-0.3, -0.25) is 0 Å². The Hall–Kier alpha value is -1.87. The predicted octanol–water partition coefficient (Wildman–Crippen LogP) is 5.21. The highest BCUT2D eigenvalue weighted by molar-refractivity contribution is 7.20. The summed E-state index contributed by atoms with van der Waals surface area (Å²) in [6, 6.07) is 16.3. The lowest BCUT2D eigenvalue weighted by Gasteiger charge is -2.06. The summed E-state index contributed by atoms with van der Waals surface area (Å²) in [6.45, 7) is 4.37. The summed E-state index contributed by atoms with van der Waals surface area (Å²) in [7, 11) is 0. The van der Waals surface area contributed by atoms with E-state index >= 15 is 0 Å². The number of hydrogen-bond donors (Lipinski definition) is 0. The number of ether oxygens (including phenoxy) is 1. The number of rotatable bonds is 3. The van der Waals surface area contributed by atoms with Crippen molar-refractivity contribution in [2.45, 2.75) is 19.8 Å². The van der Waals surface area contributed by atoms with Gasteiger partial charge >= 0.3 is 0 Å². The predicted molar refractivity (Wildman–Crippen MR) is 80.2 cm³/mol. The molecule has 0 amide bonds. The van der Waals surface area contributed by atoms with Crippen molar-refractivity contribution in [2.24, 2.45) is 0 Å². The van der Waals surface area contributed by atoms with Crippen molar-refractivity contribution in [3.8, 4) is 10.9 Å². The largest absolute Gasteiger partial charge is 0.431 e. The molecule has 0 aliphatic carbocycles. The number of aromatic nitrogens is 1. The van der Waals surface area contributed by atoms with Crippen LogP contribution in [0.4, 0.5) is 0 Å². The summed E-state index contributed by atoms with van der Waals surface area (Å²) >= 11 is 1.57. The van der Waals surface area contributed by atoms with E-state index in [9.17, 15) is 0 Å². The van der Waals surface area contributed by atoms with E-state index in [1.165, 1.54) is 5.56 Å². The smallest absolute Gasteiger partial charge is 0.279 e. The lowest BCUT2D eigenvalue weighted by atomic mass is 10.0. The van der Waals surface area contributed by atoms with Crippen LogP contribution in [0.2, 0.25) is 0 Å². The Morgan fingerprint density at radius 1 is 1.00 bits per heavy atom. The van der Waals surface area contributed by atoms with Gasteiger partial charge in [0.05, 0.1) is 10.2 Å². The maximum absolute atomic E-state index is 5.81. The lowest BCUT2D eigenvalue weighted by molar-refractivity contribution is 0.480. The molecule has 0 spiro atoms. The Bertz CT molecular complexity index is 652. The maximum Gasteiger partial charge on any atom is 0.279 e. The average molecular weight is 269 g/mol. The van der Waals surface area contributed by atoms with E-state index in [2.05, 4.69) is 37.0 Å². The molecule has 0 N–H and O–H groups in total.